The molecular weight excluding hydrogens is 230 g/mol. The third-order valence-electron chi connectivity index (χ3n) is 3.11. The molecule has 1 aliphatic rings. The Bertz CT molecular complexity index is 499. The molecule has 1 atom stereocenters. The van der Waals surface area contributed by atoms with Gasteiger partial charge in [0.1, 0.15) is 6.04 Å². The van der Waals surface area contributed by atoms with E-state index in [1.54, 1.807) is 6.92 Å². The number of carbonyl (C=O) groups excluding carboxylic acids is 2. The summed E-state index contributed by atoms with van der Waals surface area (Å²) in [7, 11) is 0. The third kappa shape index (κ3) is 2.20. The van der Waals surface area contributed by atoms with Gasteiger partial charge in [-0.05, 0) is 32.9 Å². The average molecular weight is 247 g/mol. The van der Waals surface area contributed by atoms with Gasteiger partial charge < -0.3 is 5.32 Å². The zero-order valence-electron chi connectivity index (χ0n) is 10.9. The fourth-order valence-corrected chi connectivity index (χ4v) is 2.15. The Labute approximate surface area is 106 Å². The number of nitrogens with one attached hydrogen (secondary N) is 1. The lowest BCUT2D eigenvalue weighted by Gasteiger charge is -2.15. The lowest BCUT2D eigenvalue weighted by molar-refractivity contribution is -0.138. The number of likely N-dealkylation sites (tertiary alicyclic amines) is 1. The zero-order chi connectivity index (χ0) is 13.3. The van der Waals surface area contributed by atoms with Crippen molar-refractivity contribution < 1.29 is 9.59 Å². The minimum absolute atomic E-state index is 0.113. The van der Waals surface area contributed by atoms with Crippen molar-refractivity contribution >= 4 is 17.5 Å². The smallest absolute Gasteiger partial charge is 0.252 e. The second-order valence-electron chi connectivity index (χ2n) is 4.46. The highest BCUT2D eigenvalue weighted by Gasteiger charge is 2.37. The van der Waals surface area contributed by atoms with Crippen LogP contribution in [0.15, 0.2) is 12.1 Å². The molecule has 96 valence electrons. The van der Waals surface area contributed by atoms with Crippen molar-refractivity contribution in [2.45, 2.75) is 33.2 Å². The number of pyridine rings is 1. The van der Waals surface area contributed by atoms with Crippen molar-refractivity contribution in [1.82, 2.24) is 9.88 Å². The van der Waals surface area contributed by atoms with Crippen LogP contribution in [0, 0.1) is 13.8 Å². The molecule has 1 aliphatic heterocycles. The summed E-state index contributed by atoms with van der Waals surface area (Å²) in [6.45, 7) is 6.03. The summed E-state index contributed by atoms with van der Waals surface area (Å²) in [6.07, 6.45) is 0.222. The molecular formula is C13H17N3O2. The van der Waals surface area contributed by atoms with E-state index in [-0.39, 0.29) is 18.2 Å². The highest BCUT2D eigenvalue weighted by Crippen LogP contribution is 2.20. The molecule has 0 radical (unpaired) electrons. The van der Waals surface area contributed by atoms with Crippen LogP contribution in [0.4, 0.5) is 5.69 Å². The number of hydrogen-bond donors (Lipinski definition) is 1. The van der Waals surface area contributed by atoms with Gasteiger partial charge in [-0.2, -0.15) is 0 Å². The first-order valence-corrected chi connectivity index (χ1v) is 6.08. The van der Waals surface area contributed by atoms with Gasteiger partial charge in [-0.1, -0.05) is 0 Å². The van der Waals surface area contributed by atoms with E-state index in [1.165, 1.54) is 4.90 Å². The molecule has 18 heavy (non-hydrogen) atoms. The maximum absolute atomic E-state index is 12.0. The number of likely N-dealkylation sites (N-methyl/N-ethyl adjacent to an activating group) is 1. The third-order valence-corrected chi connectivity index (χ3v) is 3.11. The van der Waals surface area contributed by atoms with Crippen LogP contribution in [0.1, 0.15) is 24.7 Å². The standard InChI is InChI=1S/C13H17N3O2/c1-4-16-12(17)7-11(13(16)18)15-10-6-5-8(2)14-9(10)3/h5-6,11,15H,4,7H2,1-3H3. The molecule has 1 saturated heterocycles. The summed E-state index contributed by atoms with van der Waals surface area (Å²) in [5, 5.41) is 3.11. The molecule has 1 aromatic heterocycles. The fraction of sp³-hybridized carbons (Fsp3) is 0.462. The maximum Gasteiger partial charge on any atom is 0.252 e. The Hall–Kier alpha value is -1.91. The fourth-order valence-electron chi connectivity index (χ4n) is 2.15. The molecule has 1 unspecified atom stereocenters. The first kappa shape index (κ1) is 12.5. The van der Waals surface area contributed by atoms with E-state index in [1.807, 2.05) is 26.0 Å². The van der Waals surface area contributed by atoms with Crippen LogP contribution >= 0.6 is 0 Å². The first-order chi connectivity index (χ1) is 8.52. The van der Waals surface area contributed by atoms with E-state index in [0.717, 1.165) is 17.1 Å². The Kier molecular flexibility index (Phi) is 3.32. The monoisotopic (exact) mass is 247 g/mol. The number of imide groups is 1. The molecule has 1 aromatic rings. The molecule has 0 bridgehead atoms. The van der Waals surface area contributed by atoms with E-state index in [0.29, 0.717) is 6.54 Å². The molecule has 2 amide bonds. The highest BCUT2D eigenvalue weighted by molar-refractivity contribution is 6.06. The summed E-state index contributed by atoms with van der Waals surface area (Å²) < 4.78 is 0. The van der Waals surface area contributed by atoms with Gasteiger partial charge in [-0.15, -0.1) is 0 Å². The van der Waals surface area contributed by atoms with Gasteiger partial charge in [0.15, 0.2) is 0 Å². The molecule has 2 rings (SSSR count). The first-order valence-electron chi connectivity index (χ1n) is 6.08. The second kappa shape index (κ2) is 4.76. The molecule has 0 aromatic carbocycles. The minimum Gasteiger partial charge on any atom is -0.372 e. The normalized spacial score (nSPS) is 19.5. The Balaban J connectivity index is 2.15. The van der Waals surface area contributed by atoms with E-state index in [4.69, 9.17) is 0 Å². The van der Waals surface area contributed by atoms with E-state index in [2.05, 4.69) is 10.3 Å². The van der Waals surface area contributed by atoms with Crippen LogP contribution < -0.4 is 5.32 Å². The summed E-state index contributed by atoms with van der Waals surface area (Å²) in [4.78, 5) is 29.2. The highest BCUT2D eigenvalue weighted by atomic mass is 16.2. The van der Waals surface area contributed by atoms with Gasteiger partial charge in [0.2, 0.25) is 5.91 Å². The number of hydrogen-bond acceptors (Lipinski definition) is 4. The quantitative estimate of drug-likeness (QED) is 0.817. The van der Waals surface area contributed by atoms with E-state index >= 15 is 0 Å². The number of aromatic nitrogens is 1. The Morgan fingerprint density at radius 3 is 2.67 bits per heavy atom. The number of nitrogens with zero attached hydrogens (tertiary/aromatic N) is 2. The number of rotatable bonds is 3. The Morgan fingerprint density at radius 1 is 1.39 bits per heavy atom. The van der Waals surface area contributed by atoms with Gasteiger partial charge in [0, 0.05) is 12.2 Å². The lowest BCUT2D eigenvalue weighted by Crippen LogP contribution is -2.34. The van der Waals surface area contributed by atoms with Crippen LogP contribution in [-0.4, -0.2) is 34.3 Å². The number of aryl methyl sites for hydroxylation is 2. The maximum atomic E-state index is 12.0. The Morgan fingerprint density at radius 2 is 2.11 bits per heavy atom. The summed E-state index contributed by atoms with van der Waals surface area (Å²) in [5.41, 5.74) is 2.58. The van der Waals surface area contributed by atoms with E-state index in [9.17, 15) is 9.59 Å². The van der Waals surface area contributed by atoms with Crippen molar-refractivity contribution in [2.24, 2.45) is 0 Å². The zero-order valence-corrected chi connectivity index (χ0v) is 10.9. The largest absolute Gasteiger partial charge is 0.372 e. The van der Waals surface area contributed by atoms with Crippen molar-refractivity contribution in [3.8, 4) is 0 Å². The number of amides is 2. The summed E-state index contributed by atoms with van der Waals surface area (Å²) >= 11 is 0. The van der Waals surface area contributed by atoms with Gasteiger partial charge in [0.05, 0.1) is 17.8 Å². The van der Waals surface area contributed by atoms with Crippen molar-refractivity contribution in [3.63, 3.8) is 0 Å². The van der Waals surface area contributed by atoms with Crippen molar-refractivity contribution in [1.29, 1.82) is 0 Å². The molecule has 0 aliphatic carbocycles. The van der Waals surface area contributed by atoms with Crippen LogP contribution in [0.2, 0.25) is 0 Å². The number of carbonyl (C=O) groups is 2. The molecule has 5 nitrogen and oxygen atoms in total. The summed E-state index contributed by atoms with van der Waals surface area (Å²) in [5.74, 6) is -0.264. The minimum atomic E-state index is -0.458. The van der Waals surface area contributed by atoms with Crippen LogP contribution in [0.3, 0.4) is 0 Å². The second-order valence-corrected chi connectivity index (χ2v) is 4.46. The molecule has 0 spiro atoms. The van der Waals surface area contributed by atoms with Gasteiger partial charge in [-0.25, -0.2) is 0 Å². The topological polar surface area (TPSA) is 62.3 Å². The van der Waals surface area contributed by atoms with Crippen LogP contribution in [0.25, 0.3) is 0 Å². The van der Waals surface area contributed by atoms with Crippen molar-refractivity contribution in [2.75, 3.05) is 11.9 Å². The summed E-state index contributed by atoms with van der Waals surface area (Å²) in [6, 6.07) is 3.32. The molecule has 1 N–H and O–H groups in total. The average Bonchev–Trinajstić information content (AvgIpc) is 2.58. The SMILES string of the molecule is CCN1C(=O)CC(Nc2ccc(C)nc2C)C1=O. The van der Waals surface area contributed by atoms with Crippen molar-refractivity contribution in [3.05, 3.63) is 23.5 Å². The van der Waals surface area contributed by atoms with Gasteiger partial charge in [-0.3, -0.25) is 19.5 Å². The molecule has 5 heteroatoms. The lowest BCUT2D eigenvalue weighted by atomic mass is 10.2. The molecule has 2 heterocycles. The number of anilines is 1. The molecule has 1 fully saturated rings. The predicted octanol–water partition coefficient (Wildman–Crippen LogP) is 1.26. The van der Waals surface area contributed by atoms with Gasteiger partial charge >= 0.3 is 0 Å². The van der Waals surface area contributed by atoms with E-state index < -0.39 is 6.04 Å². The van der Waals surface area contributed by atoms with Crippen LogP contribution in [0.5, 0.6) is 0 Å². The van der Waals surface area contributed by atoms with Crippen LogP contribution in [-0.2, 0) is 9.59 Å². The predicted molar refractivity (Wildman–Crippen MR) is 68.1 cm³/mol. The molecule has 0 saturated carbocycles. The van der Waals surface area contributed by atoms with Gasteiger partial charge in [0.25, 0.3) is 5.91 Å².